The first-order chi connectivity index (χ1) is 13.9. The van der Waals surface area contributed by atoms with Crippen molar-refractivity contribution in [3.05, 3.63) is 69.6 Å². The highest BCUT2D eigenvalue weighted by atomic mass is 35.5. The number of hydrogen-bond donors (Lipinski definition) is 2. The molecule has 8 heteroatoms. The molecule has 0 bridgehead atoms. The van der Waals surface area contributed by atoms with Crippen molar-refractivity contribution < 1.29 is 19.1 Å². The first kappa shape index (κ1) is 20.7. The molecule has 1 aromatic heterocycles. The number of thiophene rings is 1. The van der Waals surface area contributed by atoms with Crippen LogP contribution in [0, 0.1) is 6.92 Å². The number of amides is 2. The van der Waals surface area contributed by atoms with E-state index in [0.717, 1.165) is 5.56 Å². The Kier molecular flexibility index (Phi) is 6.41. The second kappa shape index (κ2) is 8.98. The molecule has 150 valence electrons. The average Bonchev–Trinajstić information content (AvgIpc) is 3.08. The van der Waals surface area contributed by atoms with Crippen LogP contribution in [0.2, 0.25) is 5.02 Å². The fraction of sp³-hybridized carbons (Fsp3) is 0.143. The first-order valence-electron chi connectivity index (χ1n) is 8.62. The molecule has 0 saturated carbocycles. The topological polar surface area (TPSA) is 76.7 Å². The van der Waals surface area contributed by atoms with Crippen molar-refractivity contribution in [3.63, 3.8) is 0 Å². The van der Waals surface area contributed by atoms with Crippen LogP contribution in [0.1, 0.15) is 25.6 Å². The van der Waals surface area contributed by atoms with E-state index in [1.54, 1.807) is 55.6 Å². The average molecular weight is 431 g/mol. The van der Waals surface area contributed by atoms with Gasteiger partial charge in [0, 0.05) is 11.8 Å². The molecule has 29 heavy (non-hydrogen) atoms. The lowest BCUT2D eigenvalue weighted by molar-refractivity contribution is 0.102. The van der Waals surface area contributed by atoms with Crippen LogP contribution >= 0.6 is 22.9 Å². The van der Waals surface area contributed by atoms with Gasteiger partial charge in [0.2, 0.25) is 0 Å². The number of carbonyl (C=O) groups is 2. The van der Waals surface area contributed by atoms with Crippen LogP contribution in [-0.2, 0) is 0 Å². The van der Waals surface area contributed by atoms with E-state index in [9.17, 15) is 9.59 Å². The molecule has 0 unspecified atom stereocenters. The summed E-state index contributed by atoms with van der Waals surface area (Å²) in [5.74, 6) is 0.477. The van der Waals surface area contributed by atoms with Crippen molar-refractivity contribution in [2.45, 2.75) is 6.92 Å². The molecule has 3 rings (SSSR count). The molecule has 0 spiro atoms. The maximum Gasteiger partial charge on any atom is 0.266 e. The summed E-state index contributed by atoms with van der Waals surface area (Å²) < 4.78 is 10.5. The smallest absolute Gasteiger partial charge is 0.266 e. The molecule has 1 heterocycles. The molecule has 0 saturated heterocycles. The Morgan fingerprint density at radius 3 is 2.34 bits per heavy atom. The number of halogens is 1. The zero-order valence-corrected chi connectivity index (χ0v) is 17.6. The minimum atomic E-state index is -0.330. The van der Waals surface area contributed by atoms with Gasteiger partial charge in [-0.25, -0.2) is 0 Å². The monoisotopic (exact) mass is 430 g/mol. The van der Waals surface area contributed by atoms with E-state index in [4.69, 9.17) is 21.1 Å². The molecule has 2 amide bonds. The predicted octanol–water partition coefficient (Wildman–Crippen LogP) is 5.23. The van der Waals surface area contributed by atoms with Gasteiger partial charge >= 0.3 is 0 Å². The maximum atomic E-state index is 12.7. The van der Waals surface area contributed by atoms with Crippen molar-refractivity contribution in [1.29, 1.82) is 0 Å². The van der Waals surface area contributed by atoms with Gasteiger partial charge in [0.15, 0.2) is 11.5 Å². The molecule has 0 aliphatic carbocycles. The number of aryl methyl sites for hydroxylation is 1. The van der Waals surface area contributed by atoms with E-state index in [-0.39, 0.29) is 11.8 Å². The van der Waals surface area contributed by atoms with Crippen molar-refractivity contribution in [2.24, 2.45) is 0 Å². The minimum absolute atomic E-state index is 0.280. The van der Waals surface area contributed by atoms with E-state index in [0.29, 0.717) is 37.7 Å². The highest BCUT2D eigenvalue weighted by molar-refractivity contribution is 7.18. The van der Waals surface area contributed by atoms with Gasteiger partial charge in [0.25, 0.3) is 11.8 Å². The van der Waals surface area contributed by atoms with Crippen molar-refractivity contribution in [1.82, 2.24) is 0 Å². The summed E-state index contributed by atoms with van der Waals surface area (Å²) in [7, 11) is 3.07. The molecule has 2 aromatic carbocycles. The van der Waals surface area contributed by atoms with Gasteiger partial charge in [-0.2, -0.15) is 0 Å². The number of nitrogens with one attached hydrogen (secondary N) is 2. The van der Waals surface area contributed by atoms with Crippen molar-refractivity contribution in [3.8, 4) is 11.5 Å². The molecule has 0 aliphatic rings. The zero-order chi connectivity index (χ0) is 21.0. The molecule has 6 nitrogen and oxygen atoms in total. The second-order valence-corrected chi connectivity index (χ2v) is 7.54. The standard InChI is InChI=1S/C21H19ClN2O4S/c1-12-10-18(24-20(25)14-6-4-5-7-15(14)22)29-19(12)21(26)23-13-8-9-16(27-2)17(11-13)28-3/h4-11H,1-3H3,(H,23,26)(H,24,25). The van der Waals surface area contributed by atoms with E-state index in [1.807, 2.05) is 6.92 Å². The van der Waals surface area contributed by atoms with Crippen LogP contribution in [0.4, 0.5) is 10.7 Å². The third kappa shape index (κ3) is 4.70. The number of carbonyl (C=O) groups excluding carboxylic acids is 2. The molecule has 2 N–H and O–H groups in total. The Labute approximate surface area is 177 Å². The first-order valence-corrected chi connectivity index (χ1v) is 9.82. The van der Waals surface area contributed by atoms with Gasteiger partial charge < -0.3 is 20.1 Å². The highest BCUT2D eigenvalue weighted by Gasteiger charge is 2.17. The number of methoxy groups -OCH3 is 2. The van der Waals surface area contributed by atoms with Crippen LogP contribution in [0.25, 0.3) is 0 Å². The second-order valence-electron chi connectivity index (χ2n) is 6.08. The van der Waals surface area contributed by atoms with Crippen LogP contribution in [0.5, 0.6) is 11.5 Å². The van der Waals surface area contributed by atoms with Gasteiger partial charge in [-0.3, -0.25) is 9.59 Å². The quantitative estimate of drug-likeness (QED) is 0.561. The van der Waals surface area contributed by atoms with E-state index >= 15 is 0 Å². The molecular formula is C21H19ClN2O4S. The molecule has 0 radical (unpaired) electrons. The number of rotatable bonds is 6. The fourth-order valence-electron chi connectivity index (χ4n) is 2.70. The number of hydrogen-bond acceptors (Lipinski definition) is 5. The molecule has 0 atom stereocenters. The largest absolute Gasteiger partial charge is 0.493 e. The van der Waals surface area contributed by atoms with Crippen molar-refractivity contribution in [2.75, 3.05) is 24.9 Å². The molecule has 3 aromatic rings. The Morgan fingerprint density at radius 1 is 0.931 bits per heavy atom. The third-order valence-corrected chi connectivity index (χ3v) is 5.60. The van der Waals surface area contributed by atoms with Crippen LogP contribution in [0.15, 0.2) is 48.5 Å². The number of benzene rings is 2. The zero-order valence-electron chi connectivity index (χ0n) is 16.0. The van der Waals surface area contributed by atoms with Gasteiger partial charge in [0.05, 0.1) is 34.7 Å². The Morgan fingerprint density at radius 2 is 1.66 bits per heavy atom. The summed E-state index contributed by atoms with van der Waals surface area (Å²) in [5, 5.41) is 6.55. The SMILES string of the molecule is COc1ccc(NC(=O)c2sc(NC(=O)c3ccccc3Cl)cc2C)cc1OC. The maximum absolute atomic E-state index is 12.7. The Bertz CT molecular complexity index is 1060. The summed E-state index contributed by atoms with van der Waals surface area (Å²) >= 11 is 7.26. The highest BCUT2D eigenvalue weighted by Crippen LogP contribution is 2.32. The summed E-state index contributed by atoms with van der Waals surface area (Å²) in [5.41, 5.74) is 1.70. The number of anilines is 2. The van der Waals surface area contributed by atoms with Gasteiger partial charge in [0.1, 0.15) is 0 Å². The van der Waals surface area contributed by atoms with Crippen LogP contribution in [0.3, 0.4) is 0 Å². The lowest BCUT2D eigenvalue weighted by Crippen LogP contribution is -2.12. The lowest BCUT2D eigenvalue weighted by Gasteiger charge is -2.10. The predicted molar refractivity (Wildman–Crippen MR) is 116 cm³/mol. The van der Waals surface area contributed by atoms with Crippen LogP contribution in [-0.4, -0.2) is 26.0 Å². The molecule has 0 aliphatic heterocycles. The summed E-state index contributed by atoms with van der Waals surface area (Å²) in [6, 6.07) is 13.7. The van der Waals surface area contributed by atoms with E-state index in [2.05, 4.69) is 10.6 Å². The fourth-order valence-corrected chi connectivity index (χ4v) is 3.88. The molecule has 0 fully saturated rings. The van der Waals surface area contributed by atoms with Gasteiger partial charge in [-0.1, -0.05) is 23.7 Å². The lowest BCUT2D eigenvalue weighted by atomic mass is 10.2. The number of ether oxygens (including phenoxy) is 2. The normalized spacial score (nSPS) is 10.3. The Hall–Kier alpha value is -3.03. The minimum Gasteiger partial charge on any atom is -0.493 e. The van der Waals surface area contributed by atoms with E-state index in [1.165, 1.54) is 18.4 Å². The summed E-state index contributed by atoms with van der Waals surface area (Å²) in [4.78, 5) is 25.6. The summed E-state index contributed by atoms with van der Waals surface area (Å²) in [6.07, 6.45) is 0. The van der Waals surface area contributed by atoms with Crippen molar-refractivity contribution >= 4 is 45.4 Å². The van der Waals surface area contributed by atoms with Gasteiger partial charge in [-0.15, -0.1) is 11.3 Å². The molecular weight excluding hydrogens is 412 g/mol. The van der Waals surface area contributed by atoms with E-state index < -0.39 is 0 Å². The Balaban J connectivity index is 1.75. The van der Waals surface area contributed by atoms with Crippen LogP contribution < -0.4 is 20.1 Å². The summed E-state index contributed by atoms with van der Waals surface area (Å²) in [6.45, 7) is 1.81. The van der Waals surface area contributed by atoms with Gasteiger partial charge in [-0.05, 0) is 42.8 Å². The third-order valence-electron chi connectivity index (χ3n) is 4.12.